The van der Waals surface area contributed by atoms with Gasteiger partial charge < -0.3 is 0 Å². The number of nitrogens with one attached hydrogen (secondary N) is 1. The first-order valence-corrected chi connectivity index (χ1v) is 11.8. The zero-order valence-electron chi connectivity index (χ0n) is 16.5. The Morgan fingerprint density at radius 3 is 2.67 bits per heavy atom. The van der Waals surface area contributed by atoms with Crippen molar-refractivity contribution in [3.63, 3.8) is 0 Å². The van der Waals surface area contributed by atoms with Crippen LogP contribution in [-0.4, -0.2) is 53.5 Å². The summed E-state index contributed by atoms with van der Waals surface area (Å²) < 4.78 is 0.554. The van der Waals surface area contributed by atoms with Gasteiger partial charge in [0.25, 0.3) is 16.8 Å². The number of hydrogen-bond donors (Lipinski definition) is 1. The van der Waals surface area contributed by atoms with Crippen LogP contribution >= 0.6 is 46.5 Å². The van der Waals surface area contributed by atoms with E-state index in [4.69, 9.17) is 11.6 Å². The number of aryl methyl sites for hydroxylation is 1. The van der Waals surface area contributed by atoms with E-state index < -0.39 is 28.4 Å². The highest BCUT2D eigenvalue weighted by atomic mass is 35.5. The van der Waals surface area contributed by atoms with E-state index in [1.807, 2.05) is 0 Å². The number of hydrogen-bond acceptors (Lipinski definition) is 11. The molecule has 3 heterocycles. The summed E-state index contributed by atoms with van der Waals surface area (Å²) in [5.74, 6) is -0.509. The second-order valence-corrected chi connectivity index (χ2v) is 10.0. The lowest BCUT2D eigenvalue weighted by atomic mass is 10.1. The average Bonchev–Trinajstić information content (AvgIpc) is 3.42. The van der Waals surface area contributed by atoms with Gasteiger partial charge in [-0.25, -0.2) is 9.97 Å². The third-order valence-corrected chi connectivity index (χ3v) is 7.42. The van der Waals surface area contributed by atoms with Crippen LogP contribution < -0.4 is 0 Å². The molecule has 1 aromatic carbocycles. The number of nitrogens with zero attached hydrogens (tertiary/aromatic N) is 5. The lowest BCUT2D eigenvalue weighted by molar-refractivity contribution is -0.384. The minimum atomic E-state index is -0.636. The van der Waals surface area contributed by atoms with Crippen LogP contribution in [-0.2, 0) is 4.79 Å². The second-order valence-electron chi connectivity index (χ2n) is 6.44. The van der Waals surface area contributed by atoms with Gasteiger partial charge in [-0.15, -0.1) is 16.4 Å². The number of nitro benzene ring substituents is 1. The molecule has 2 aromatic heterocycles. The third-order valence-electron chi connectivity index (χ3n) is 4.18. The van der Waals surface area contributed by atoms with Gasteiger partial charge in [0, 0.05) is 17.7 Å². The molecule has 15 heteroatoms. The number of aromatic nitrogens is 4. The normalized spacial score (nSPS) is 15.0. The van der Waals surface area contributed by atoms with Crippen molar-refractivity contribution < 1.29 is 19.3 Å². The van der Waals surface area contributed by atoms with Crippen molar-refractivity contribution >= 4 is 75.2 Å². The Morgan fingerprint density at radius 2 is 2.03 bits per heavy atom. The standard InChI is InChI=1S/C18H11ClN6O5S3/c1-8-20-16(23-22-8)33-17-21-14(19)12(31-17)6-13-15(27)24(18(28)32-13)7-11(26)9-2-4-10(5-3-9)25(29)30/h2-6H,7H2,1H3,(H,20,22,23)/b13-6-. The van der Waals surface area contributed by atoms with Gasteiger partial charge in [-0.3, -0.25) is 34.5 Å². The van der Waals surface area contributed by atoms with Crippen LogP contribution in [0.3, 0.4) is 0 Å². The van der Waals surface area contributed by atoms with Crippen molar-refractivity contribution in [1.29, 1.82) is 0 Å². The lowest BCUT2D eigenvalue weighted by Crippen LogP contribution is -2.33. The van der Waals surface area contributed by atoms with Crippen LogP contribution in [0.4, 0.5) is 10.5 Å². The van der Waals surface area contributed by atoms with Gasteiger partial charge >= 0.3 is 0 Å². The molecule has 0 saturated carbocycles. The molecule has 0 unspecified atom stereocenters. The number of thioether (sulfide) groups is 1. The van der Waals surface area contributed by atoms with Gasteiger partial charge in [0.05, 0.1) is 21.3 Å². The van der Waals surface area contributed by atoms with Gasteiger partial charge in [0.1, 0.15) is 11.0 Å². The summed E-state index contributed by atoms with van der Waals surface area (Å²) in [5.41, 5.74) is -0.0177. The van der Waals surface area contributed by atoms with Crippen molar-refractivity contribution in [2.24, 2.45) is 0 Å². The van der Waals surface area contributed by atoms with Crippen molar-refractivity contribution in [2.45, 2.75) is 16.4 Å². The zero-order chi connectivity index (χ0) is 23.7. The topological polar surface area (TPSA) is 152 Å². The molecule has 0 spiro atoms. The van der Waals surface area contributed by atoms with Crippen molar-refractivity contribution in [1.82, 2.24) is 25.1 Å². The summed E-state index contributed by atoms with van der Waals surface area (Å²) in [6.07, 6.45) is 1.45. The van der Waals surface area contributed by atoms with Crippen molar-refractivity contribution in [2.75, 3.05) is 6.54 Å². The molecule has 3 aromatic rings. The number of halogens is 1. The predicted octanol–water partition coefficient (Wildman–Crippen LogP) is 4.20. The third kappa shape index (κ3) is 5.13. The number of imide groups is 1. The van der Waals surface area contributed by atoms with Crippen molar-refractivity contribution in [3.8, 4) is 0 Å². The summed E-state index contributed by atoms with van der Waals surface area (Å²) in [4.78, 5) is 57.5. The maximum atomic E-state index is 12.7. The predicted molar refractivity (Wildman–Crippen MR) is 122 cm³/mol. The molecule has 1 fully saturated rings. The van der Waals surface area contributed by atoms with Gasteiger partial charge in [0.15, 0.2) is 10.1 Å². The number of ketones is 1. The van der Waals surface area contributed by atoms with Gasteiger partial charge in [-0.2, -0.15) is 0 Å². The number of Topliss-reactive ketones (excluding diaryl/α,β-unsaturated/α-hetero) is 1. The molecule has 168 valence electrons. The Bertz CT molecular complexity index is 1320. The first kappa shape index (κ1) is 23.1. The maximum absolute atomic E-state index is 12.7. The van der Waals surface area contributed by atoms with E-state index in [9.17, 15) is 24.5 Å². The molecule has 2 amide bonds. The summed E-state index contributed by atoms with van der Waals surface area (Å²) in [5, 5.41) is 17.5. The SMILES string of the molecule is Cc1nc(Sc2nc(Cl)c(/C=C3\SC(=O)N(CC(=O)c4ccc([N+](=O)[O-])cc4)C3=O)s2)n[nH]1. The van der Waals surface area contributed by atoms with E-state index in [2.05, 4.69) is 20.2 Å². The minimum absolute atomic E-state index is 0.104. The number of non-ortho nitro benzene ring substituents is 1. The smallest absolute Gasteiger partial charge is 0.292 e. The molecule has 1 saturated heterocycles. The number of benzene rings is 1. The van der Waals surface area contributed by atoms with Gasteiger partial charge in [-0.1, -0.05) is 11.6 Å². The van der Waals surface area contributed by atoms with Crippen LogP contribution in [0.25, 0.3) is 6.08 Å². The molecule has 4 rings (SSSR count). The van der Waals surface area contributed by atoms with Crippen LogP contribution in [0, 0.1) is 17.0 Å². The van der Waals surface area contributed by atoms with Crippen molar-refractivity contribution in [3.05, 3.63) is 60.7 Å². The zero-order valence-corrected chi connectivity index (χ0v) is 19.7. The largest absolute Gasteiger partial charge is 0.293 e. The van der Waals surface area contributed by atoms with E-state index >= 15 is 0 Å². The number of rotatable bonds is 7. The molecule has 0 aliphatic carbocycles. The van der Waals surface area contributed by atoms with E-state index in [-0.39, 0.29) is 21.3 Å². The summed E-state index contributed by atoms with van der Waals surface area (Å²) in [6, 6.07) is 4.92. The van der Waals surface area contributed by atoms with Crippen LogP contribution in [0.15, 0.2) is 38.7 Å². The Labute approximate surface area is 202 Å². The van der Waals surface area contributed by atoms with Crippen LogP contribution in [0.2, 0.25) is 5.15 Å². The molecule has 0 atom stereocenters. The molecule has 0 radical (unpaired) electrons. The highest BCUT2D eigenvalue weighted by molar-refractivity contribution is 8.18. The highest BCUT2D eigenvalue weighted by Crippen LogP contribution is 2.38. The first-order valence-electron chi connectivity index (χ1n) is 8.97. The highest BCUT2D eigenvalue weighted by Gasteiger charge is 2.36. The van der Waals surface area contributed by atoms with Crippen LogP contribution in [0.1, 0.15) is 21.1 Å². The molecule has 1 N–H and O–H groups in total. The Balaban J connectivity index is 1.47. The summed E-state index contributed by atoms with van der Waals surface area (Å²) in [7, 11) is 0. The fraction of sp³-hybridized carbons (Fsp3) is 0.111. The number of thiazole rings is 1. The van der Waals surface area contributed by atoms with Gasteiger partial charge in [0.2, 0.25) is 5.16 Å². The molecular weight excluding hydrogens is 512 g/mol. The maximum Gasteiger partial charge on any atom is 0.293 e. The molecule has 1 aliphatic rings. The molecule has 33 heavy (non-hydrogen) atoms. The Kier molecular flexibility index (Phi) is 6.60. The fourth-order valence-corrected chi connectivity index (χ4v) is 5.74. The summed E-state index contributed by atoms with van der Waals surface area (Å²) >= 11 is 9.27. The monoisotopic (exact) mass is 522 g/mol. The lowest BCUT2D eigenvalue weighted by Gasteiger charge is -2.11. The van der Waals surface area contributed by atoms with Gasteiger partial charge in [-0.05, 0) is 48.7 Å². The number of H-pyrrole nitrogens is 1. The molecule has 1 aliphatic heterocycles. The van der Waals surface area contributed by atoms with E-state index in [0.717, 1.165) is 4.90 Å². The second kappa shape index (κ2) is 9.43. The summed E-state index contributed by atoms with van der Waals surface area (Å²) in [6.45, 7) is 1.28. The number of carbonyl (C=O) groups excluding carboxylic acids is 3. The molecule has 11 nitrogen and oxygen atoms in total. The first-order chi connectivity index (χ1) is 15.7. The molecule has 0 bridgehead atoms. The minimum Gasteiger partial charge on any atom is -0.292 e. The Hall–Kier alpha value is -3.07. The Morgan fingerprint density at radius 1 is 1.30 bits per heavy atom. The average molecular weight is 523 g/mol. The number of amides is 2. The quantitative estimate of drug-likeness (QED) is 0.207. The fourth-order valence-electron chi connectivity index (χ4n) is 2.63. The van der Waals surface area contributed by atoms with E-state index in [0.29, 0.717) is 32.0 Å². The molecular formula is C18H11ClN6O5S3. The van der Waals surface area contributed by atoms with E-state index in [1.54, 1.807) is 6.92 Å². The number of carbonyl (C=O) groups is 3. The number of aromatic amines is 1. The van der Waals surface area contributed by atoms with E-state index in [1.165, 1.54) is 53.4 Å². The van der Waals surface area contributed by atoms with Crippen LogP contribution in [0.5, 0.6) is 0 Å². The number of nitro groups is 1.